The number of hydrogen-bond donors (Lipinski definition) is 0. The van der Waals surface area contributed by atoms with Gasteiger partial charge in [-0.1, -0.05) is 42.5 Å². The molecule has 2 aromatic carbocycles. The zero-order chi connectivity index (χ0) is 21.3. The van der Waals surface area contributed by atoms with Crippen LogP contribution in [0.15, 0.2) is 71.3 Å². The fourth-order valence-electron chi connectivity index (χ4n) is 4.08. The van der Waals surface area contributed by atoms with Gasteiger partial charge in [0.25, 0.3) is 0 Å². The summed E-state index contributed by atoms with van der Waals surface area (Å²) in [5.74, 6) is -0.680. The SMILES string of the molecule is COCn1c(-c2ccccc2)c(C(CC(F)(F)F)c2ccco2)c2ccc(C)cc21. The molecule has 6 heteroatoms. The van der Waals surface area contributed by atoms with Gasteiger partial charge in [-0.2, -0.15) is 13.2 Å². The van der Waals surface area contributed by atoms with Gasteiger partial charge in [0.05, 0.1) is 29.8 Å². The van der Waals surface area contributed by atoms with E-state index >= 15 is 0 Å². The fourth-order valence-corrected chi connectivity index (χ4v) is 4.08. The second-order valence-electron chi connectivity index (χ2n) is 7.38. The van der Waals surface area contributed by atoms with Crippen LogP contribution in [0.5, 0.6) is 0 Å². The van der Waals surface area contributed by atoms with E-state index in [1.165, 1.54) is 6.26 Å². The molecule has 0 aliphatic carbocycles. The summed E-state index contributed by atoms with van der Waals surface area (Å²) in [5.41, 5.74) is 4.00. The summed E-state index contributed by atoms with van der Waals surface area (Å²) in [4.78, 5) is 0. The second kappa shape index (κ2) is 8.03. The number of rotatable bonds is 6. The van der Waals surface area contributed by atoms with Crippen LogP contribution in [0.2, 0.25) is 0 Å². The molecular formula is C24H22F3NO2. The van der Waals surface area contributed by atoms with Gasteiger partial charge in [0.2, 0.25) is 0 Å². The van der Waals surface area contributed by atoms with E-state index in [0.717, 1.165) is 22.0 Å². The van der Waals surface area contributed by atoms with Crippen molar-refractivity contribution in [2.24, 2.45) is 0 Å². The minimum Gasteiger partial charge on any atom is -0.469 e. The van der Waals surface area contributed by atoms with Gasteiger partial charge in [-0.25, -0.2) is 0 Å². The minimum atomic E-state index is -4.36. The molecule has 1 atom stereocenters. The Hall–Kier alpha value is -2.99. The number of methoxy groups -OCH3 is 1. The van der Waals surface area contributed by atoms with Crippen LogP contribution >= 0.6 is 0 Å². The highest BCUT2D eigenvalue weighted by molar-refractivity contribution is 5.93. The Bertz CT molecular complexity index is 1130. The maximum atomic E-state index is 13.7. The second-order valence-corrected chi connectivity index (χ2v) is 7.38. The number of benzene rings is 2. The Morgan fingerprint density at radius 3 is 2.43 bits per heavy atom. The average Bonchev–Trinajstić information content (AvgIpc) is 3.33. The van der Waals surface area contributed by atoms with Crippen molar-refractivity contribution in [1.82, 2.24) is 4.57 Å². The van der Waals surface area contributed by atoms with Crippen LogP contribution in [-0.4, -0.2) is 17.9 Å². The Morgan fingerprint density at radius 2 is 1.80 bits per heavy atom. The van der Waals surface area contributed by atoms with Crippen LogP contribution < -0.4 is 0 Å². The lowest BCUT2D eigenvalue weighted by molar-refractivity contribution is -0.137. The number of furan rings is 1. The maximum Gasteiger partial charge on any atom is 0.390 e. The first-order chi connectivity index (χ1) is 14.4. The van der Waals surface area contributed by atoms with Gasteiger partial charge in [0.15, 0.2) is 0 Å². The van der Waals surface area contributed by atoms with Crippen molar-refractivity contribution in [2.75, 3.05) is 7.11 Å². The lowest BCUT2D eigenvalue weighted by Crippen LogP contribution is -2.15. The van der Waals surface area contributed by atoms with Gasteiger partial charge in [-0.3, -0.25) is 0 Å². The lowest BCUT2D eigenvalue weighted by Gasteiger charge is -2.20. The number of hydrogen-bond acceptors (Lipinski definition) is 2. The van der Waals surface area contributed by atoms with Crippen LogP contribution in [0.1, 0.15) is 29.2 Å². The molecule has 1 unspecified atom stereocenters. The molecule has 4 rings (SSSR count). The number of aryl methyl sites for hydroxylation is 1. The molecule has 0 bridgehead atoms. The summed E-state index contributed by atoms with van der Waals surface area (Å²) in [5, 5.41) is 0.766. The van der Waals surface area contributed by atoms with Crippen LogP contribution in [0.3, 0.4) is 0 Å². The summed E-state index contributed by atoms with van der Waals surface area (Å²) >= 11 is 0. The molecule has 0 spiro atoms. The third-order valence-corrected chi connectivity index (χ3v) is 5.24. The summed E-state index contributed by atoms with van der Waals surface area (Å²) in [6.07, 6.45) is -3.95. The number of alkyl halides is 3. The molecule has 2 heterocycles. The third-order valence-electron chi connectivity index (χ3n) is 5.24. The molecule has 4 aromatic rings. The Balaban J connectivity index is 2.09. The van der Waals surface area contributed by atoms with E-state index in [1.807, 2.05) is 60.0 Å². The van der Waals surface area contributed by atoms with Crippen molar-refractivity contribution >= 4 is 10.9 Å². The largest absolute Gasteiger partial charge is 0.469 e. The van der Waals surface area contributed by atoms with Gasteiger partial charge >= 0.3 is 6.18 Å². The molecule has 0 saturated carbocycles. The van der Waals surface area contributed by atoms with E-state index in [2.05, 4.69) is 0 Å². The Labute approximate surface area is 172 Å². The zero-order valence-electron chi connectivity index (χ0n) is 16.7. The van der Waals surface area contributed by atoms with Gasteiger partial charge < -0.3 is 13.7 Å². The van der Waals surface area contributed by atoms with E-state index in [9.17, 15) is 13.2 Å². The number of halogens is 3. The quantitative estimate of drug-likeness (QED) is 0.344. The molecule has 0 aliphatic rings. The highest BCUT2D eigenvalue weighted by atomic mass is 19.4. The summed E-state index contributed by atoms with van der Waals surface area (Å²) in [6.45, 7) is 2.19. The van der Waals surface area contributed by atoms with Crippen LogP contribution in [0, 0.1) is 6.92 Å². The predicted molar refractivity (Wildman–Crippen MR) is 110 cm³/mol. The summed E-state index contributed by atoms with van der Waals surface area (Å²) in [6, 6.07) is 18.5. The Kier molecular flexibility index (Phi) is 5.43. The van der Waals surface area contributed by atoms with Gasteiger partial charge in [-0.15, -0.1) is 0 Å². The van der Waals surface area contributed by atoms with E-state index in [0.29, 0.717) is 17.0 Å². The van der Waals surface area contributed by atoms with Crippen molar-refractivity contribution in [2.45, 2.75) is 32.2 Å². The summed E-state index contributed by atoms with van der Waals surface area (Å²) in [7, 11) is 1.58. The highest BCUT2D eigenvalue weighted by Gasteiger charge is 2.38. The fraction of sp³-hybridized carbons (Fsp3) is 0.250. The molecule has 0 amide bonds. The topological polar surface area (TPSA) is 27.3 Å². The van der Waals surface area contributed by atoms with E-state index in [4.69, 9.17) is 9.15 Å². The van der Waals surface area contributed by atoms with E-state index < -0.39 is 18.5 Å². The molecule has 30 heavy (non-hydrogen) atoms. The first-order valence-electron chi connectivity index (χ1n) is 9.66. The Morgan fingerprint density at radius 1 is 1.03 bits per heavy atom. The summed E-state index contributed by atoms with van der Waals surface area (Å²) < 4.78 is 53.9. The molecule has 156 valence electrons. The number of ether oxygens (including phenoxy) is 1. The van der Waals surface area contributed by atoms with Crippen LogP contribution in [0.25, 0.3) is 22.2 Å². The van der Waals surface area contributed by atoms with Crippen molar-refractivity contribution in [3.8, 4) is 11.3 Å². The number of fused-ring (bicyclic) bond motifs is 1. The molecule has 0 radical (unpaired) electrons. The smallest absolute Gasteiger partial charge is 0.390 e. The minimum absolute atomic E-state index is 0.223. The maximum absolute atomic E-state index is 13.7. The van der Waals surface area contributed by atoms with Crippen LogP contribution in [0.4, 0.5) is 13.2 Å². The van der Waals surface area contributed by atoms with Crippen molar-refractivity contribution in [3.05, 3.63) is 83.8 Å². The van der Waals surface area contributed by atoms with E-state index in [-0.39, 0.29) is 6.73 Å². The van der Waals surface area contributed by atoms with Gasteiger partial charge in [0, 0.05) is 12.5 Å². The molecular weight excluding hydrogens is 391 g/mol. The van der Waals surface area contributed by atoms with Crippen LogP contribution in [-0.2, 0) is 11.5 Å². The van der Waals surface area contributed by atoms with Gasteiger partial charge in [0.1, 0.15) is 12.5 Å². The molecule has 0 fully saturated rings. The lowest BCUT2D eigenvalue weighted by atomic mass is 9.88. The molecule has 0 N–H and O–H groups in total. The van der Waals surface area contributed by atoms with Crippen molar-refractivity contribution in [3.63, 3.8) is 0 Å². The molecule has 3 nitrogen and oxygen atoms in total. The predicted octanol–water partition coefficient (Wildman–Crippen LogP) is 6.90. The zero-order valence-corrected chi connectivity index (χ0v) is 16.7. The number of aromatic nitrogens is 1. The molecule has 0 aliphatic heterocycles. The number of nitrogens with zero attached hydrogens (tertiary/aromatic N) is 1. The first-order valence-corrected chi connectivity index (χ1v) is 9.66. The normalized spacial score (nSPS) is 13.1. The van der Waals surface area contributed by atoms with E-state index in [1.54, 1.807) is 19.2 Å². The van der Waals surface area contributed by atoms with Gasteiger partial charge in [-0.05, 0) is 41.8 Å². The third kappa shape index (κ3) is 3.87. The average molecular weight is 413 g/mol. The standard InChI is InChI=1S/C24H22F3NO2/c1-16-10-11-18-20(13-16)28(15-29-2)23(17-7-4-3-5-8-17)22(18)19(14-24(25,26)27)21-9-6-12-30-21/h3-13,19H,14-15H2,1-2H3. The monoisotopic (exact) mass is 413 g/mol. The first kappa shape index (κ1) is 20.3. The highest BCUT2D eigenvalue weighted by Crippen LogP contribution is 2.45. The van der Waals surface area contributed by atoms with Crippen molar-refractivity contribution in [1.29, 1.82) is 0 Å². The molecule has 0 saturated heterocycles. The molecule has 2 aromatic heterocycles. The van der Waals surface area contributed by atoms with Crippen molar-refractivity contribution < 1.29 is 22.3 Å².